The molecule has 0 atom stereocenters. The van der Waals surface area contributed by atoms with E-state index in [1.54, 1.807) is 0 Å². The minimum atomic E-state index is 0.0856. The minimum Gasteiger partial charge on any atom is -0.356 e. The Bertz CT molecular complexity index is 378. The molecule has 0 aromatic heterocycles. The monoisotopic (exact) mass is 251 g/mol. The third-order valence-electron chi connectivity index (χ3n) is 2.88. The molecule has 1 N–H and O–H groups in total. The molecule has 0 saturated carbocycles. The number of rotatable bonds is 5. The maximum Gasteiger partial charge on any atom is 0.220 e. The van der Waals surface area contributed by atoms with Crippen molar-refractivity contribution in [2.24, 2.45) is 0 Å². The largest absolute Gasteiger partial charge is 0.356 e. The summed E-state index contributed by atoms with van der Waals surface area (Å²) in [7, 11) is 0. The van der Waals surface area contributed by atoms with Gasteiger partial charge < -0.3 is 5.32 Å². The highest BCUT2D eigenvalue weighted by molar-refractivity contribution is 7.80. The summed E-state index contributed by atoms with van der Waals surface area (Å²) in [5.74, 6) is 0.691. The molecule has 1 aromatic carbocycles. The molecule has 1 aromatic rings. The number of thiol groups is 1. The summed E-state index contributed by atoms with van der Waals surface area (Å²) in [5, 5.41) is 2.91. The zero-order chi connectivity index (χ0) is 12.8. The number of nitrogens with one attached hydrogen (secondary N) is 1. The van der Waals surface area contributed by atoms with E-state index in [1.165, 1.54) is 22.3 Å². The van der Waals surface area contributed by atoms with Crippen molar-refractivity contribution in [2.45, 2.75) is 33.6 Å². The summed E-state index contributed by atoms with van der Waals surface area (Å²) in [6.07, 6.45) is 1.39. The van der Waals surface area contributed by atoms with E-state index in [0.29, 0.717) is 18.7 Å². The van der Waals surface area contributed by atoms with Crippen molar-refractivity contribution in [1.29, 1.82) is 0 Å². The summed E-state index contributed by atoms with van der Waals surface area (Å²) in [5.41, 5.74) is 5.27. The molecule has 0 heterocycles. The van der Waals surface area contributed by atoms with Crippen LogP contribution < -0.4 is 5.32 Å². The van der Waals surface area contributed by atoms with Crippen LogP contribution in [0.3, 0.4) is 0 Å². The van der Waals surface area contributed by atoms with Gasteiger partial charge in [-0.3, -0.25) is 4.79 Å². The molecule has 17 heavy (non-hydrogen) atoms. The second-order valence-corrected chi connectivity index (χ2v) is 4.90. The van der Waals surface area contributed by atoms with E-state index in [1.807, 2.05) is 0 Å². The highest BCUT2D eigenvalue weighted by Gasteiger charge is 2.04. The Morgan fingerprint density at radius 1 is 1.24 bits per heavy atom. The van der Waals surface area contributed by atoms with E-state index in [2.05, 4.69) is 50.8 Å². The van der Waals surface area contributed by atoms with Gasteiger partial charge in [0.25, 0.3) is 0 Å². The highest BCUT2D eigenvalue weighted by atomic mass is 32.1. The average molecular weight is 251 g/mol. The maximum absolute atomic E-state index is 11.3. The smallest absolute Gasteiger partial charge is 0.220 e. The average Bonchev–Trinajstić information content (AvgIpc) is 2.22. The molecule has 1 amide bonds. The van der Waals surface area contributed by atoms with Crippen molar-refractivity contribution in [1.82, 2.24) is 5.32 Å². The van der Waals surface area contributed by atoms with E-state index < -0.39 is 0 Å². The topological polar surface area (TPSA) is 29.1 Å². The molecular formula is C14H21NOS. The Morgan fingerprint density at radius 2 is 1.82 bits per heavy atom. The van der Waals surface area contributed by atoms with Gasteiger partial charge >= 0.3 is 0 Å². The number of carbonyl (C=O) groups is 1. The van der Waals surface area contributed by atoms with Crippen molar-refractivity contribution in [3.63, 3.8) is 0 Å². The fourth-order valence-corrected chi connectivity index (χ4v) is 2.32. The van der Waals surface area contributed by atoms with Crippen molar-refractivity contribution < 1.29 is 4.79 Å². The van der Waals surface area contributed by atoms with Crippen LogP contribution >= 0.6 is 12.6 Å². The first-order valence-corrected chi connectivity index (χ1v) is 6.62. The molecule has 94 valence electrons. The van der Waals surface area contributed by atoms with Gasteiger partial charge in [-0.1, -0.05) is 17.7 Å². The maximum atomic E-state index is 11.3. The van der Waals surface area contributed by atoms with Gasteiger partial charge in [-0.2, -0.15) is 12.6 Å². The molecule has 0 aliphatic rings. The summed E-state index contributed by atoms with van der Waals surface area (Å²) < 4.78 is 0. The highest BCUT2D eigenvalue weighted by Crippen LogP contribution is 2.16. The summed E-state index contributed by atoms with van der Waals surface area (Å²) in [6.45, 7) is 7.07. The molecule has 0 aliphatic carbocycles. The molecule has 0 bridgehead atoms. The van der Waals surface area contributed by atoms with Gasteiger partial charge in [-0.25, -0.2) is 0 Å². The molecule has 0 fully saturated rings. The quantitative estimate of drug-likeness (QED) is 0.774. The lowest BCUT2D eigenvalue weighted by atomic mass is 9.97. The van der Waals surface area contributed by atoms with Gasteiger partial charge in [0.05, 0.1) is 0 Å². The SMILES string of the molecule is Cc1cc(C)c(CCNC(=O)CCS)c(C)c1. The van der Waals surface area contributed by atoms with Gasteiger partial charge in [0.2, 0.25) is 5.91 Å². The molecule has 0 spiro atoms. The van der Waals surface area contributed by atoms with Crippen LogP contribution in [-0.4, -0.2) is 18.2 Å². The van der Waals surface area contributed by atoms with Crippen molar-refractivity contribution in [2.75, 3.05) is 12.3 Å². The van der Waals surface area contributed by atoms with Crippen LogP contribution in [0.25, 0.3) is 0 Å². The van der Waals surface area contributed by atoms with Gasteiger partial charge in [0.1, 0.15) is 0 Å². The Hall–Kier alpha value is -0.960. The van der Waals surface area contributed by atoms with Crippen LogP contribution in [0.2, 0.25) is 0 Å². The first kappa shape index (κ1) is 14.1. The molecule has 0 saturated heterocycles. The Balaban J connectivity index is 2.55. The van der Waals surface area contributed by atoms with E-state index in [-0.39, 0.29) is 5.91 Å². The Morgan fingerprint density at radius 3 is 2.35 bits per heavy atom. The lowest BCUT2D eigenvalue weighted by molar-refractivity contribution is -0.120. The number of benzene rings is 1. The zero-order valence-corrected chi connectivity index (χ0v) is 11.7. The standard InChI is InChI=1S/C14H21NOS/c1-10-8-11(2)13(12(3)9-10)4-6-15-14(16)5-7-17/h8-9,17H,4-7H2,1-3H3,(H,15,16). The fraction of sp³-hybridized carbons (Fsp3) is 0.500. The third-order valence-corrected chi connectivity index (χ3v) is 3.10. The first-order chi connectivity index (χ1) is 8.04. The summed E-state index contributed by atoms with van der Waals surface area (Å²) in [6, 6.07) is 4.38. The fourth-order valence-electron chi connectivity index (χ4n) is 2.12. The second kappa shape index (κ2) is 6.70. The van der Waals surface area contributed by atoms with Crippen molar-refractivity contribution in [3.05, 3.63) is 34.4 Å². The van der Waals surface area contributed by atoms with Gasteiger partial charge in [-0.05, 0) is 49.6 Å². The zero-order valence-electron chi connectivity index (χ0n) is 10.8. The lowest BCUT2D eigenvalue weighted by Crippen LogP contribution is -2.26. The molecule has 0 aliphatic heterocycles. The molecule has 0 radical (unpaired) electrons. The van der Waals surface area contributed by atoms with Crippen LogP contribution in [0.15, 0.2) is 12.1 Å². The van der Waals surface area contributed by atoms with Gasteiger partial charge in [-0.15, -0.1) is 0 Å². The number of carbonyl (C=O) groups excluding carboxylic acids is 1. The van der Waals surface area contributed by atoms with Crippen LogP contribution in [0.1, 0.15) is 28.7 Å². The van der Waals surface area contributed by atoms with Gasteiger partial charge in [0.15, 0.2) is 0 Å². The van der Waals surface area contributed by atoms with Crippen LogP contribution in [0, 0.1) is 20.8 Å². The van der Waals surface area contributed by atoms with E-state index in [9.17, 15) is 4.79 Å². The predicted octanol–water partition coefficient (Wildman–Crippen LogP) is 2.59. The summed E-state index contributed by atoms with van der Waals surface area (Å²) in [4.78, 5) is 11.3. The number of hydrogen-bond donors (Lipinski definition) is 2. The summed E-state index contributed by atoms with van der Waals surface area (Å²) >= 11 is 4.04. The molecule has 3 heteroatoms. The van der Waals surface area contributed by atoms with Crippen LogP contribution in [-0.2, 0) is 11.2 Å². The van der Waals surface area contributed by atoms with Crippen LogP contribution in [0.4, 0.5) is 0 Å². The van der Waals surface area contributed by atoms with E-state index >= 15 is 0 Å². The molecular weight excluding hydrogens is 230 g/mol. The lowest BCUT2D eigenvalue weighted by Gasteiger charge is -2.11. The van der Waals surface area contributed by atoms with Gasteiger partial charge in [0, 0.05) is 13.0 Å². The predicted molar refractivity (Wildman–Crippen MR) is 75.8 cm³/mol. The Kier molecular flexibility index (Phi) is 5.56. The molecule has 2 nitrogen and oxygen atoms in total. The number of hydrogen-bond acceptors (Lipinski definition) is 2. The van der Waals surface area contributed by atoms with Crippen molar-refractivity contribution >= 4 is 18.5 Å². The van der Waals surface area contributed by atoms with Crippen molar-refractivity contribution in [3.8, 4) is 0 Å². The van der Waals surface area contributed by atoms with Crippen LogP contribution in [0.5, 0.6) is 0 Å². The number of aryl methyl sites for hydroxylation is 3. The second-order valence-electron chi connectivity index (χ2n) is 4.45. The molecule has 0 unspecified atom stereocenters. The normalized spacial score (nSPS) is 10.4. The minimum absolute atomic E-state index is 0.0856. The Labute approximate surface area is 109 Å². The van der Waals surface area contributed by atoms with E-state index in [4.69, 9.17) is 0 Å². The first-order valence-electron chi connectivity index (χ1n) is 5.99. The van der Waals surface area contributed by atoms with E-state index in [0.717, 1.165) is 6.42 Å². The third kappa shape index (κ3) is 4.43. The number of amides is 1. The molecule has 1 rings (SSSR count).